The molecule has 1 amide bonds. The fourth-order valence-corrected chi connectivity index (χ4v) is 5.57. The SMILES string of the molecule is CC(C)n1c(CC[C@@H](O)C[C@@H](O)CC(=O)O)c(-c2ccc(F)cc2)c(-c2ccccc2)c1C(=O)NCc1ccc(CN)cc1.[H-].[Na+]. The number of nitrogens with two attached hydrogens (primary N) is 1. The Bertz CT molecular complexity index is 1560. The molecule has 8 nitrogen and oxygen atoms in total. The summed E-state index contributed by atoms with van der Waals surface area (Å²) in [5.74, 6) is -1.82. The summed E-state index contributed by atoms with van der Waals surface area (Å²) in [6.45, 7) is 4.67. The molecule has 0 saturated heterocycles. The molecule has 234 valence electrons. The van der Waals surface area contributed by atoms with Crippen LogP contribution in [-0.4, -0.2) is 44.0 Å². The van der Waals surface area contributed by atoms with Gasteiger partial charge >= 0.3 is 35.5 Å². The summed E-state index contributed by atoms with van der Waals surface area (Å²) < 4.78 is 16.0. The van der Waals surface area contributed by atoms with Crippen molar-refractivity contribution in [1.29, 1.82) is 0 Å². The molecule has 0 aliphatic heterocycles. The van der Waals surface area contributed by atoms with Gasteiger partial charge < -0.3 is 32.4 Å². The van der Waals surface area contributed by atoms with Crippen molar-refractivity contribution >= 4 is 11.9 Å². The fourth-order valence-electron chi connectivity index (χ4n) is 5.57. The molecule has 0 radical (unpaired) electrons. The van der Waals surface area contributed by atoms with Crippen molar-refractivity contribution in [3.63, 3.8) is 0 Å². The molecule has 1 aromatic heterocycles. The second-order valence-electron chi connectivity index (χ2n) is 11.3. The van der Waals surface area contributed by atoms with E-state index < -0.39 is 24.6 Å². The number of hydrogen-bond donors (Lipinski definition) is 5. The summed E-state index contributed by atoms with van der Waals surface area (Å²) in [5, 5.41) is 33.0. The molecule has 0 unspecified atom stereocenters. The van der Waals surface area contributed by atoms with Crippen molar-refractivity contribution in [2.45, 2.75) is 70.9 Å². The molecule has 0 spiro atoms. The van der Waals surface area contributed by atoms with Crippen LogP contribution in [0.1, 0.15) is 67.9 Å². The third-order valence-electron chi connectivity index (χ3n) is 7.61. The Morgan fingerprint density at radius 3 is 2.07 bits per heavy atom. The zero-order valence-corrected chi connectivity index (χ0v) is 28.0. The number of aliphatic hydroxyl groups is 2. The van der Waals surface area contributed by atoms with Gasteiger partial charge in [-0.1, -0.05) is 66.7 Å². The van der Waals surface area contributed by atoms with E-state index in [2.05, 4.69) is 5.32 Å². The maximum absolute atomic E-state index is 14.1. The Labute approximate surface area is 286 Å². The second-order valence-corrected chi connectivity index (χ2v) is 11.3. The maximum Gasteiger partial charge on any atom is 1.00 e. The average molecular weight is 626 g/mol. The molecule has 4 rings (SSSR count). The van der Waals surface area contributed by atoms with E-state index in [9.17, 15) is 24.2 Å². The van der Waals surface area contributed by atoms with Gasteiger partial charge in [-0.25, -0.2) is 4.39 Å². The van der Waals surface area contributed by atoms with Crippen LogP contribution < -0.4 is 40.6 Å². The van der Waals surface area contributed by atoms with Gasteiger partial charge in [0.2, 0.25) is 0 Å². The third kappa shape index (κ3) is 9.36. The Morgan fingerprint density at radius 2 is 1.49 bits per heavy atom. The minimum Gasteiger partial charge on any atom is -1.00 e. The summed E-state index contributed by atoms with van der Waals surface area (Å²) in [6, 6.07) is 23.2. The van der Waals surface area contributed by atoms with Gasteiger partial charge in [-0.3, -0.25) is 9.59 Å². The number of aromatic nitrogens is 1. The second kappa shape index (κ2) is 16.8. The van der Waals surface area contributed by atoms with Gasteiger partial charge in [0.25, 0.3) is 5.91 Å². The number of halogens is 1. The van der Waals surface area contributed by atoms with E-state index in [4.69, 9.17) is 10.8 Å². The molecule has 3 aromatic carbocycles. The number of carboxylic acids is 1. The Kier molecular flexibility index (Phi) is 13.5. The monoisotopic (exact) mass is 625 g/mol. The van der Waals surface area contributed by atoms with Gasteiger partial charge in [-0.15, -0.1) is 0 Å². The van der Waals surface area contributed by atoms with Crippen LogP contribution in [0, 0.1) is 5.82 Å². The van der Waals surface area contributed by atoms with Gasteiger partial charge in [0.05, 0.1) is 18.6 Å². The maximum atomic E-state index is 14.1. The molecule has 0 saturated carbocycles. The number of aliphatic hydroxyl groups excluding tert-OH is 2. The molecule has 0 fully saturated rings. The molecule has 0 aliphatic carbocycles. The van der Waals surface area contributed by atoms with Crippen LogP contribution in [0.15, 0.2) is 78.9 Å². The normalized spacial score (nSPS) is 12.4. The molecule has 4 aromatic rings. The summed E-state index contributed by atoms with van der Waals surface area (Å²) in [5.41, 5.74) is 11.8. The van der Waals surface area contributed by atoms with E-state index >= 15 is 0 Å². The smallest absolute Gasteiger partial charge is 1.00 e. The largest absolute Gasteiger partial charge is 1.00 e. The number of nitrogens with zero attached hydrogens (tertiary/aromatic N) is 1. The Morgan fingerprint density at radius 1 is 0.889 bits per heavy atom. The van der Waals surface area contributed by atoms with Crippen molar-refractivity contribution in [1.82, 2.24) is 9.88 Å². The number of rotatable bonds is 14. The third-order valence-corrected chi connectivity index (χ3v) is 7.61. The van der Waals surface area contributed by atoms with Gasteiger partial charge in [0.15, 0.2) is 0 Å². The quantitative estimate of drug-likeness (QED) is 0.137. The zero-order valence-electron chi connectivity index (χ0n) is 27.0. The number of carbonyl (C=O) groups is 2. The van der Waals surface area contributed by atoms with Gasteiger partial charge in [0, 0.05) is 36.0 Å². The molecular weight excluding hydrogens is 584 g/mol. The first-order chi connectivity index (χ1) is 21.1. The minimum absolute atomic E-state index is 0. The van der Waals surface area contributed by atoms with Gasteiger partial charge in [0.1, 0.15) is 11.5 Å². The number of aliphatic carboxylic acids is 1. The number of carbonyl (C=O) groups excluding carboxylic acids is 1. The summed E-state index contributed by atoms with van der Waals surface area (Å²) in [6.07, 6.45) is -2.18. The molecule has 10 heteroatoms. The number of hydrogen-bond acceptors (Lipinski definition) is 5. The van der Waals surface area contributed by atoms with Gasteiger partial charge in [-0.05, 0) is 67.5 Å². The minimum atomic E-state index is -1.18. The molecule has 1 heterocycles. The Balaban J connectivity index is 0.00000368. The summed E-state index contributed by atoms with van der Waals surface area (Å²) in [7, 11) is 0. The fraction of sp³-hybridized carbons (Fsp3) is 0.314. The first-order valence-electron chi connectivity index (χ1n) is 14.8. The molecule has 0 aliphatic rings. The predicted molar refractivity (Wildman–Crippen MR) is 169 cm³/mol. The molecular formula is C35H41FN3NaO5. The first kappa shape index (κ1) is 36.2. The molecule has 45 heavy (non-hydrogen) atoms. The molecule has 6 N–H and O–H groups in total. The van der Waals surface area contributed by atoms with E-state index in [0.717, 1.165) is 27.9 Å². The van der Waals surface area contributed by atoms with Crippen molar-refractivity contribution < 1.29 is 60.3 Å². The number of benzene rings is 3. The van der Waals surface area contributed by atoms with Gasteiger partial charge in [-0.2, -0.15) is 0 Å². The van der Waals surface area contributed by atoms with E-state index in [1.165, 1.54) is 12.1 Å². The van der Waals surface area contributed by atoms with Crippen molar-refractivity contribution in [2.24, 2.45) is 5.73 Å². The van der Waals surface area contributed by atoms with Crippen LogP contribution in [0.25, 0.3) is 22.3 Å². The van der Waals surface area contributed by atoms with Crippen LogP contribution in [0.3, 0.4) is 0 Å². The van der Waals surface area contributed by atoms with E-state index in [1.54, 1.807) is 12.1 Å². The van der Waals surface area contributed by atoms with Crippen molar-refractivity contribution in [3.8, 4) is 22.3 Å². The van der Waals surface area contributed by atoms with Crippen LogP contribution in [0.4, 0.5) is 4.39 Å². The van der Waals surface area contributed by atoms with Crippen LogP contribution in [0.5, 0.6) is 0 Å². The molecule has 2 atom stereocenters. The number of carboxylic acid groups (broad SMARTS) is 1. The van der Waals surface area contributed by atoms with Crippen molar-refractivity contribution in [3.05, 3.63) is 107 Å². The number of nitrogens with one attached hydrogen (secondary N) is 1. The number of amides is 1. The summed E-state index contributed by atoms with van der Waals surface area (Å²) in [4.78, 5) is 25.2. The molecule has 0 bridgehead atoms. The summed E-state index contributed by atoms with van der Waals surface area (Å²) >= 11 is 0. The van der Waals surface area contributed by atoms with Crippen LogP contribution >= 0.6 is 0 Å². The van der Waals surface area contributed by atoms with E-state index in [-0.39, 0.29) is 61.6 Å². The van der Waals surface area contributed by atoms with Crippen molar-refractivity contribution in [2.75, 3.05) is 0 Å². The van der Waals surface area contributed by atoms with Crippen LogP contribution in [0.2, 0.25) is 0 Å². The first-order valence-corrected chi connectivity index (χ1v) is 14.8. The average Bonchev–Trinajstić information content (AvgIpc) is 3.35. The standard InChI is InChI=1S/C35H40FN3O5.Na.H/c1-22(2)39-30(17-16-28(40)18-29(41)19-31(42)43)32(26-12-14-27(36)15-13-26)33(25-6-4-3-5-7-25)34(39)35(44)38-21-24-10-8-23(20-37)9-11-24;;/h3-15,22,28-29,40-41H,16-21,37H2,1-2H3,(H,38,44)(H,42,43);;/q;+1;-1/t28-,29-;;/m1../s1. The van der Waals surface area contributed by atoms with Crippen LogP contribution in [-0.2, 0) is 24.3 Å². The Hall–Kier alpha value is -3.31. The topological polar surface area (TPSA) is 138 Å². The predicted octanol–water partition coefficient (Wildman–Crippen LogP) is 2.57. The zero-order chi connectivity index (χ0) is 31.8. The van der Waals surface area contributed by atoms with E-state index in [0.29, 0.717) is 36.3 Å². The van der Waals surface area contributed by atoms with E-state index in [1.807, 2.05) is 73.0 Å².